The van der Waals surface area contributed by atoms with E-state index in [1.54, 1.807) is 36.4 Å². The summed E-state index contributed by atoms with van der Waals surface area (Å²) in [5.41, 5.74) is 1.11. The van der Waals surface area contributed by atoms with E-state index in [1.165, 1.54) is 15.6 Å². The van der Waals surface area contributed by atoms with Crippen LogP contribution in [0.3, 0.4) is 0 Å². The molecule has 2 fully saturated rings. The van der Waals surface area contributed by atoms with Crippen molar-refractivity contribution < 1.29 is 23.1 Å². The summed E-state index contributed by atoms with van der Waals surface area (Å²) in [4.78, 5) is 33.4. The standard InChI is InChI=1S/C28H34N6O5S/c1-16(17-5-6-17)32-15-19-13-18(14-21(40(3,38)39)22(19)26(32)35)24-23(25-30-11-4-12-33(25)31-24)27(36)34(29)20-7-9-28(2,37)10-8-20/h4,11-14,16-17,20,37H,5-10,15,29H2,1-3H3/t16-,20?,28?/m0/s1. The second-order valence-corrected chi connectivity index (χ2v) is 13.8. The molecule has 0 unspecified atom stereocenters. The smallest absolute Gasteiger partial charge is 0.274 e. The van der Waals surface area contributed by atoms with Crippen LogP contribution in [0, 0.1) is 5.92 Å². The van der Waals surface area contributed by atoms with Gasteiger partial charge in [0, 0.05) is 42.8 Å². The number of amides is 2. The van der Waals surface area contributed by atoms with Gasteiger partial charge in [-0.1, -0.05) is 0 Å². The molecule has 2 aromatic heterocycles. The Morgan fingerprint density at radius 2 is 1.93 bits per heavy atom. The van der Waals surface area contributed by atoms with Gasteiger partial charge in [-0.2, -0.15) is 5.10 Å². The van der Waals surface area contributed by atoms with Crippen LogP contribution in [0.25, 0.3) is 16.9 Å². The van der Waals surface area contributed by atoms with Crippen LogP contribution in [0.5, 0.6) is 0 Å². The molecule has 2 saturated carbocycles. The summed E-state index contributed by atoms with van der Waals surface area (Å²) >= 11 is 0. The second-order valence-electron chi connectivity index (χ2n) is 11.8. The minimum absolute atomic E-state index is 0.00867. The highest BCUT2D eigenvalue weighted by Gasteiger charge is 2.41. The lowest BCUT2D eigenvalue weighted by molar-refractivity contribution is -0.00379. The number of nitrogens with two attached hydrogens (primary N) is 1. The molecule has 1 aliphatic heterocycles. The molecule has 0 saturated heterocycles. The summed E-state index contributed by atoms with van der Waals surface area (Å²) in [6.45, 7) is 4.08. The molecule has 0 spiro atoms. The Bertz CT molecular complexity index is 1630. The molecule has 1 aromatic carbocycles. The fourth-order valence-corrected chi connectivity index (χ4v) is 7.04. The molecular weight excluding hydrogens is 532 g/mol. The Balaban J connectivity index is 1.46. The highest BCUT2D eigenvalue weighted by Crippen LogP contribution is 2.41. The highest BCUT2D eigenvalue weighted by molar-refractivity contribution is 7.90. The fraction of sp³-hybridized carbons (Fsp3) is 0.500. The van der Waals surface area contributed by atoms with E-state index in [1.807, 2.05) is 6.92 Å². The lowest BCUT2D eigenvalue weighted by Gasteiger charge is -2.37. The van der Waals surface area contributed by atoms with Gasteiger partial charge in [0.2, 0.25) is 0 Å². The number of benzene rings is 1. The fourth-order valence-electron chi connectivity index (χ4n) is 6.11. The number of aliphatic hydroxyl groups is 1. The Morgan fingerprint density at radius 1 is 1.23 bits per heavy atom. The van der Waals surface area contributed by atoms with E-state index in [2.05, 4.69) is 10.1 Å². The first-order valence-corrected chi connectivity index (χ1v) is 15.6. The van der Waals surface area contributed by atoms with Crippen LogP contribution in [0.4, 0.5) is 0 Å². The monoisotopic (exact) mass is 566 g/mol. The molecule has 0 bridgehead atoms. The molecule has 2 amide bonds. The van der Waals surface area contributed by atoms with E-state index < -0.39 is 21.3 Å². The quantitative estimate of drug-likeness (QED) is 0.262. The summed E-state index contributed by atoms with van der Waals surface area (Å²) in [7, 11) is -3.79. The van der Waals surface area contributed by atoms with Crippen molar-refractivity contribution in [2.45, 2.75) is 81.5 Å². The van der Waals surface area contributed by atoms with Crippen molar-refractivity contribution in [1.82, 2.24) is 24.5 Å². The van der Waals surface area contributed by atoms with Gasteiger partial charge in [0.15, 0.2) is 15.5 Å². The first kappa shape index (κ1) is 26.9. The van der Waals surface area contributed by atoms with Crippen LogP contribution in [-0.2, 0) is 16.4 Å². The van der Waals surface area contributed by atoms with Crippen LogP contribution in [0.2, 0.25) is 0 Å². The molecule has 3 heterocycles. The molecule has 2 aliphatic carbocycles. The van der Waals surface area contributed by atoms with Crippen molar-refractivity contribution in [1.29, 1.82) is 0 Å². The van der Waals surface area contributed by atoms with Gasteiger partial charge < -0.3 is 10.0 Å². The van der Waals surface area contributed by atoms with Gasteiger partial charge in [-0.25, -0.2) is 23.8 Å². The zero-order chi connectivity index (χ0) is 28.6. The SMILES string of the molecule is C[C@@H](C1CC1)N1Cc2cc(-c3nn4cccnc4c3C(=O)N(N)C3CCC(C)(O)CC3)cc(S(C)(=O)=O)c2C1=O. The second kappa shape index (κ2) is 9.35. The van der Waals surface area contributed by atoms with Crippen molar-refractivity contribution in [2.75, 3.05) is 6.26 Å². The minimum Gasteiger partial charge on any atom is -0.390 e. The van der Waals surface area contributed by atoms with Gasteiger partial charge in [-0.05, 0) is 82.1 Å². The molecule has 40 heavy (non-hydrogen) atoms. The first-order chi connectivity index (χ1) is 18.9. The number of fused-ring (bicyclic) bond motifs is 2. The third kappa shape index (κ3) is 4.57. The van der Waals surface area contributed by atoms with Crippen molar-refractivity contribution in [3.8, 4) is 11.3 Å². The third-order valence-corrected chi connectivity index (χ3v) is 9.86. The average molecular weight is 567 g/mol. The minimum atomic E-state index is -3.79. The number of carbonyl (C=O) groups excluding carboxylic acids is 2. The molecule has 12 heteroatoms. The van der Waals surface area contributed by atoms with Gasteiger partial charge in [0.25, 0.3) is 11.8 Å². The molecule has 0 radical (unpaired) electrons. The topological polar surface area (TPSA) is 151 Å². The Kier molecular flexibility index (Phi) is 6.28. The molecule has 212 valence electrons. The zero-order valence-electron chi connectivity index (χ0n) is 22.9. The molecular formula is C28H34N6O5S. The first-order valence-electron chi connectivity index (χ1n) is 13.7. The van der Waals surface area contributed by atoms with Crippen molar-refractivity contribution in [3.05, 3.63) is 47.3 Å². The largest absolute Gasteiger partial charge is 0.390 e. The Morgan fingerprint density at radius 3 is 2.58 bits per heavy atom. The number of nitrogens with zero attached hydrogens (tertiary/aromatic N) is 5. The van der Waals surface area contributed by atoms with E-state index >= 15 is 0 Å². The summed E-state index contributed by atoms with van der Waals surface area (Å²) in [5.74, 6) is 6.05. The number of sulfone groups is 1. The maximum absolute atomic E-state index is 13.9. The van der Waals surface area contributed by atoms with Gasteiger partial charge in [-0.15, -0.1) is 0 Å². The molecule has 3 N–H and O–H groups in total. The Labute approximate surface area is 232 Å². The lowest BCUT2D eigenvalue weighted by atomic mass is 9.83. The third-order valence-electron chi connectivity index (χ3n) is 8.74. The number of carbonyl (C=O) groups is 2. The van der Waals surface area contributed by atoms with Gasteiger partial charge in [-0.3, -0.25) is 14.6 Å². The van der Waals surface area contributed by atoms with Gasteiger partial charge in [0.05, 0.1) is 16.1 Å². The van der Waals surface area contributed by atoms with Crippen LogP contribution < -0.4 is 5.84 Å². The summed E-state index contributed by atoms with van der Waals surface area (Å²) in [6.07, 6.45) is 8.54. The maximum atomic E-state index is 13.9. The zero-order valence-corrected chi connectivity index (χ0v) is 23.7. The number of hydrogen-bond donors (Lipinski definition) is 2. The Hall–Kier alpha value is -3.35. The normalized spacial score (nSPS) is 23.9. The van der Waals surface area contributed by atoms with E-state index in [4.69, 9.17) is 5.84 Å². The van der Waals surface area contributed by atoms with E-state index in [-0.39, 0.29) is 39.7 Å². The summed E-state index contributed by atoms with van der Waals surface area (Å²) in [6, 6.07) is 4.62. The summed E-state index contributed by atoms with van der Waals surface area (Å²) < 4.78 is 27.4. The number of hydrogen-bond acceptors (Lipinski definition) is 8. The molecule has 11 nitrogen and oxygen atoms in total. The lowest BCUT2D eigenvalue weighted by Crippen LogP contribution is -2.49. The van der Waals surface area contributed by atoms with E-state index in [0.717, 1.165) is 19.1 Å². The average Bonchev–Trinajstić information content (AvgIpc) is 3.61. The maximum Gasteiger partial charge on any atom is 0.274 e. The van der Waals surface area contributed by atoms with Crippen LogP contribution in [0.1, 0.15) is 78.7 Å². The van der Waals surface area contributed by atoms with Crippen molar-refractivity contribution in [3.63, 3.8) is 0 Å². The van der Waals surface area contributed by atoms with E-state index in [0.29, 0.717) is 54.9 Å². The molecule has 6 rings (SSSR count). The van der Waals surface area contributed by atoms with E-state index in [9.17, 15) is 23.1 Å². The van der Waals surface area contributed by atoms with Gasteiger partial charge >= 0.3 is 0 Å². The van der Waals surface area contributed by atoms with Crippen LogP contribution in [-0.4, -0.2) is 73.8 Å². The predicted molar refractivity (Wildman–Crippen MR) is 147 cm³/mol. The highest BCUT2D eigenvalue weighted by atomic mass is 32.2. The van der Waals surface area contributed by atoms with Crippen molar-refractivity contribution >= 4 is 27.3 Å². The van der Waals surface area contributed by atoms with Crippen LogP contribution >= 0.6 is 0 Å². The van der Waals surface area contributed by atoms with Crippen molar-refractivity contribution in [2.24, 2.45) is 11.8 Å². The summed E-state index contributed by atoms with van der Waals surface area (Å²) in [5, 5.41) is 16.2. The number of rotatable bonds is 6. The molecule has 1 atom stereocenters. The van der Waals surface area contributed by atoms with Crippen LogP contribution in [0.15, 0.2) is 35.5 Å². The molecule has 3 aromatic rings. The number of aromatic nitrogens is 3. The molecule has 3 aliphatic rings. The van der Waals surface area contributed by atoms with Gasteiger partial charge in [0.1, 0.15) is 11.3 Å². The number of hydrazine groups is 1. The predicted octanol–water partition coefficient (Wildman–Crippen LogP) is 2.56.